The second-order valence-electron chi connectivity index (χ2n) is 6.26. The largest absolute Gasteiger partial charge is 0.494 e. The predicted octanol–water partition coefficient (Wildman–Crippen LogP) is 4.38. The number of hydrogen-bond acceptors (Lipinski definition) is 6. The molecule has 1 aliphatic rings. The summed E-state index contributed by atoms with van der Waals surface area (Å²) in [5, 5.41) is 5.24. The van der Waals surface area contributed by atoms with E-state index >= 15 is 0 Å². The number of amides is 1. The number of nitrogens with zero attached hydrogens (tertiary/aromatic N) is 1. The lowest BCUT2D eigenvalue weighted by Crippen LogP contribution is -2.40. The van der Waals surface area contributed by atoms with E-state index in [-0.39, 0.29) is 12.5 Å². The molecule has 1 aromatic heterocycles. The molecule has 2 heterocycles. The highest BCUT2D eigenvalue weighted by Gasteiger charge is 2.27. The molecule has 1 atom stereocenters. The molecule has 144 valence electrons. The normalized spacial score (nSPS) is 15.1. The Hall–Kier alpha value is -3.06. The molecule has 2 aromatic carbocycles. The van der Waals surface area contributed by atoms with Gasteiger partial charge in [0.25, 0.3) is 5.91 Å². The van der Waals surface area contributed by atoms with Crippen LogP contribution >= 0.6 is 11.3 Å². The van der Waals surface area contributed by atoms with Gasteiger partial charge in [-0.1, -0.05) is 19.1 Å². The fourth-order valence-electron chi connectivity index (χ4n) is 2.74. The van der Waals surface area contributed by atoms with Gasteiger partial charge < -0.3 is 14.2 Å². The highest BCUT2D eigenvalue weighted by Crippen LogP contribution is 2.31. The molecule has 0 saturated heterocycles. The molecule has 0 aliphatic carbocycles. The number of carbonyl (C=O) groups is 1. The molecule has 1 aliphatic heterocycles. The second-order valence-corrected chi connectivity index (χ2v) is 7.12. The maximum absolute atomic E-state index is 12.5. The SMILES string of the molecule is CCCOc1ccc(-c2csc(NC(=O)[C@H]3COc4ccccc4O3)n2)cc1. The molecule has 0 unspecified atom stereocenters. The first kappa shape index (κ1) is 18.3. The van der Waals surface area contributed by atoms with Crippen molar-refractivity contribution >= 4 is 22.4 Å². The summed E-state index contributed by atoms with van der Waals surface area (Å²) in [7, 11) is 0. The van der Waals surface area contributed by atoms with Gasteiger partial charge in [-0.2, -0.15) is 0 Å². The molecule has 28 heavy (non-hydrogen) atoms. The molecule has 3 aromatic rings. The maximum Gasteiger partial charge on any atom is 0.270 e. The Kier molecular flexibility index (Phi) is 5.43. The molecule has 0 saturated carbocycles. The maximum atomic E-state index is 12.5. The first-order valence-electron chi connectivity index (χ1n) is 9.11. The Bertz CT molecular complexity index is 955. The zero-order valence-electron chi connectivity index (χ0n) is 15.4. The number of rotatable bonds is 6. The van der Waals surface area contributed by atoms with Gasteiger partial charge in [-0.25, -0.2) is 4.98 Å². The van der Waals surface area contributed by atoms with Gasteiger partial charge in [0.2, 0.25) is 6.10 Å². The van der Waals surface area contributed by atoms with Gasteiger partial charge in [-0.05, 0) is 42.8 Å². The quantitative estimate of drug-likeness (QED) is 0.670. The Labute approximate surface area is 167 Å². The van der Waals surface area contributed by atoms with E-state index in [1.165, 1.54) is 11.3 Å². The summed E-state index contributed by atoms with van der Waals surface area (Å²) in [6, 6.07) is 15.1. The van der Waals surface area contributed by atoms with Gasteiger partial charge >= 0.3 is 0 Å². The number of carbonyl (C=O) groups excluding carboxylic acids is 1. The summed E-state index contributed by atoms with van der Waals surface area (Å²) in [5.74, 6) is 1.77. The third-order valence-corrected chi connectivity index (χ3v) is 4.92. The fraction of sp³-hybridized carbons (Fsp3) is 0.238. The van der Waals surface area contributed by atoms with E-state index in [2.05, 4.69) is 17.2 Å². The fourth-order valence-corrected chi connectivity index (χ4v) is 3.46. The number of benzene rings is 2. The topological polar surface area (TPSA) is 69.7 Å². The van der Waals surface area contributed by atoms with Crippen LogP contribution in [-0.2, 0) is 4.79 Å². The number of anilines is 1. The summed E-state index contributed by atoms with van der Waals surface area (Å²) in [4.78, 5) is 17.0. The Morgan fingerprint density at radius 1 is 1.21 bits per heavy atom. The molecule has 6 nitrogen and oxygen atoms in total. The van der Waals surface area contributed by atoms with Crippen LogP contribution in [0, 0.1) is 0 Å². The van der Waals surface area contributed by atoms with E-state index < -0.39 is 6.10 Å². The standard InChI is InChI=1S/C21H20N2O4S/c1-2-11-25-15-9-7-14(8-10-15)16-13-28-21(22-16)23-20(24)19-12-26-17-5-3-4-6-18(17)27-19/h3-10,13,19H,2,11-12H2,1H3,(H,22,23,24)/t19-/m1/s1. The Morgan fingerprint density at radius 3 is 2.79 bits per heavy atom. The van der Waals surface area contributed by atoms with E-state index in [4.69, 9.17) is 14.2 Å². The van der Waals surface area contributed by atoms with E-state index in [1.54, 1.807) is 6.07 Å². The average molecular weight is 396 g/mol. The van der Waals surface area contributed by atoms with Crippen molar-refractivity contribution in [3.8, 4) is 28.5 Å². The number of aromatic nitrogens is 1. The number of nitrogens with one attached hydrogen (secondary N) is 1. The highest BCUT2D eigenvalue weighted by molar-refractivity contribution is 7.14. The molecule has 4 rings (SSSR count). The molecule has 0 spiro atoms. The van der Waals surface area contributed by atoms with Crippen molar-refractivity contribution in [2.24, 2.45) is 0 Å². The zero-order valence-corrected chi connectivity index (χ0v) is 16.2. The molecule has 0 fully saturated rings. The van der Waals surface area contributed by atoms with Gasteiger partial charge in [0, 0.05) is 10.9 Å². The molecule has 1 N–H and O–H groups in total. The first-order valence-corrected chi connectivity index (χ1v) is 9.99. The first-order chi connectivity index (χ1) is 13.7. The number of thiazole rings is 1. The van der Waals surface area contributed by atoms with E-state index in [1.807, 2.05) is 47.8 Å². The van der Waals surface area contributed by atoms with Crippen LogP contribution in [0.15, 0.2) is 53.9 Å². The van der Waals surface area contributed by atoms with Crippen LogP contribution in [0.3, 0.4) is 0 Å². The monoisotopic (exact) mass is 396 g/mol. The summed E-state index contributed by atoms with van der Waals surface area (Å²) < 4.78 is 16.9. The van der Waals surface area contributed by atoms with Gasteiger partial charge in [0.1, 0.15) is 12.4 Å². The third kappa shape index (κ3) is 4.09. The molecule has 0 radical (unpaired) electrons. The van der Waals surface area contributed by atoms with Crippen LogP contribution in [0.25, 0.3) is 11.3 Å². The van der Waals surface area contributed by atoms with Gasteiger partial charge in [0.15, 0.2) is 16.6 Å². The lowest BCUT2D eigenvalue weighted by atomic mass is 10.2. The van der Waals surface area contributed by atoms with E-state index in [0.717, 1.165) is 23.4 Å². The lowest BCUT2D eigenvalue weighted by Gasteiger charge is -2.25. The van der Waals surface area contributed by atoms with Crippen LogP contribution in [0.4, 0.5) is 5.13 Å². The van der Waals surface area contributed by atoms with Crippen LogP contribution in [0.2, 0.25) is 0 Å². The minimum atomic E-state index is -0.711. The highest BCUT2D eigenvalue weighted by atomic mass is 32.1. The number of ether oxygens (including phenoxy) is 3. The van der Waals surface area contributed by atoms with Crippen molar-refractivity contribution in [1.82, 2.24) is 4.98 Å². The van der Waals surface area contributed by atoms with Crippen molar-refractivity contribution in [2.45, 2.75) is 19.4 Å². The van der Waals surface area contributed by atoms with Crippen molar-refractivity contribution < 1.29 is 19.0 Å². The predicted molar refractivity (Wildman–Crippen MR) is 108 cm³/mol. The third-order valence-electron chi connectivity index (χ3n) is 4.16. The van der Waals surface area contributed by atoms with Gasteiger partial charge in [-0.15, -0.1) is 11.3 Å². The molecule has 7 heteroatoms. The van der Waals surface area contributed by atoms with Crippen LogP contribution < -0.4 is 19.5 Å². The van der Waals surface area contributed by atoms with E-state index in [9.17, 15) is 4.79 Å². The number of fused-ring (bicyclic) bond motifs is 1. The average Bonchev–Trinajstić information content (AvgIpc) is 3.20. The summed E-state index contributed by atoms with van der Waals surface area (Å²) >= 11 is 1.37. The van der Waals surface area contributed by atoms with Crippen molar-refractivity contribution in [3.05, 3.63) is 53.9 Å². The second kappa shape index (κ2) is 8.31. The zero-order chi connectivity index (χ0) is 19.3. The van der Waals surface area contributed by atoms with Crippen molar-refractivity contribution in [2.75, 3.05) is 18.5 Å². The van der Waals surface area contributed by atoms with Crippen molar-refractivity contribution in [3.63, 3.8) is 0 Å². The number of para-hydroxylation sites is 2. The Morgan fingerprint density at radius 2 is 2.00 bits per heavy atom. The van der Waals surface area contributed by atoms with Crippen molar-refractivity contribution in [1.29, 1.82) is 0 Å². The van der Waals surface area contributed by atoms with Gasteiger partial charge in [0.05, 0.1) is 12.3 Å². The minimum absolute atomic E-state index is 0.167. The summed E-state index contributed by atoms with van der Waals surface area (Å²) in [6.45, 7) is 2.94. The molecular formula is C21H20N2O4S. The molecule has 1 amide bonds. The van der Waals surface area contributed by atoms with Crippen LogP contribution in [0.5, 0.6) is 17.2 Å². The van der Waals surface area contributed by atoms with E-state index in [0.29, 0.717) is 23.2 Å². The smallest absolute Gasteiger partial charge is 0.270 e. The Balaban J connectivity index is 1.39. The summed E-state index contributed by atoms with van der Waals surface area (Å²) in [5.41, 5.74) is 1.76. The summed E-state index contributed by atoms with van der Waals surface area (Å²) in [6.07, 6.45) is 0.260. The molecule has 0 bridgehead atoms. The molecular weight excluding hydrogens is 376 g/mol. The minimum Gasteiger partial charge on any atom is -0.494 e. The van der Waals surface area contributed by atoms with Crippen LogP contribution in [0.1, 0.15) is 13.3 Å². The van der Waals surface area contributed by atoms with Gasteiger partial charge in [-0.3, -0.25) is 10.1 Å². The van der Waals surface area contributed by atoms with Crippen LogP contribution in [-0.4, -0.2) is 30.2 Å². The lowest BCUT2D eigenvalue weighted by molar-refractivity contribution is -0.125. The number of hydrogen-bond donors (Lipinski definition) is 1.